The molecule has 2 aromatic heterocycles. The predicted molar refractivity (Wildman–Crippen MR) is 125 cm³/mol. The first-order valence-corrected chi connectivity index (χ1v) is 11.3. The maximum Gasteiger partial charge on any atom is 0.344 e. The number of nitriles is 1. The van der Waals surface area contributed by atoms with Crippen LogP contribution in [0.4, 0.5) is 0 Å². The maximum atomic E-state index is 12.4. The predicted octanol–water partition coefficient (Wildman–Crippen LogP) is 5.40. The van der Waals surface area contributed by atoms with Gasteiger partial charge < -0.3 is 13.9 Å². The molecule has 33 heavy (non-hydrogen) atoms. The minimum absolute atomic E-state index is 0.138. The van der Waals surface area contributed by atoms with E-state index in [1.807, 2.05) is 0 Å². The lowest BCUT2D eigenvalue weighted by Gasteiger charge is -2.07. The van der Waals surface area contributed by atoms with Crippen molar-refractivity contribution in [3.63, 3.8) is 0 Å². The normalized spacial score (nSPS) is 10.7. The number of aromatic nitrogens is 1. The van der Waals surface area contributed by atoms with E-state index in [0.717, 1.165) is 38.5 Å². The van der Waals surface area contributed by atoms with Crippen LogP contribution in [0.2, 0.25) is 0 Å². The van der Waals surface area contributed by atoms with Gasteiger partial charge in [-0.1, -0.05) is 44.7 Å². The first kappa shape index (κ1) is 24.0. The summed E-state index contributed by atoms with van der Waals surface area (Å²) in [6.07, 6.45) is 8.05. The van der Waals surface area contributed by atoms with Crippen molar-refractivity contribution in [2.75, 3.05) is 13.2 Å². The molecule has 7 nitrogen and oxygen atoms in total. The van der Waals surface area contributed by atoms with Gasteiger partial charge in [-0.05, 0) is 36.6 Å². The number of fused-ring (bicyclic) bond motifs is 1. The second kappa shape index (κ2) is 12.4. The minimum Gasteiger partial charge on any atom is -0.478 e. The van der Waals surface area contributed by atoms with E-state index >= 15 is 0 Å². The highest BCUT2D eigenvalue weighted by Crippen LogP contribution is 2.24. The molecule has 0 bridgehead atoms. The number of ether oxygens (including phenoxy) is 2. The zero-order valence-electron chi connectivity index (χ0n) is 18.8. The maximum absolute atomic E-state index is 12.4. The summed E-state index contributed by atoms with van der Waals surface area (Å²) in [7, 11) is 0. The van der Waals surface area contributed by atoms with Crippen LogP contribution in [0, 0.1) is 11.3 Å². The molecule has 0 atom stereocenters. The Morgan fingerprint density at radius 2 is 1.82 bits per heavy atom. The van der Waals surface area contributed by atoms with Gasteiger partial charge in [-0.2, -0.15) is 5.26 Å². The number of unbranched alkanes of at least 4 members (excludes halogenated alkanes) is 5. The quantitative estimate of drug-likeness (QED) is 0.270. The Morgan fingerprint density at radius 3 is 2.58 bits per heavy atom. The van der Waals surface area contributed by atoms with Crippen LogP contribution in [0.15, 0.2) is 51.8 Å². The summed E-state index contributed by atoms with van der Waals surface area (Å²) >= 11 is 0. The summed E-state index contributed by atoms with van der Waals surface area (Å²) in [5.41, 5.74) is 1.41. The van der Waals surface area contributed by atoms with E-state index in [1.54, 1.807) is 43.3 Å². The monoisotopic (exact) mass is 448 g/mol. The fourth-order valence-corrected chi connectivity index (χ4v) is 3.42. The highest BCUT2D eigenvalue weighted by molar-refractivity contribution is 5.82. The number of hydrogen-bond donors (Lipinski definition) is 0. The van der Waals surface area contributed by atoms with Crippen molar-refractivity contribution >= 4 is 16.9 Å². The number of hydrogen-bond acceptors (Lipinski definition) is 7. The number of carbonyl (C=O) groups excluding carboxylic acids is 1. The lowest BCUT2D eigenvalue weighted by molar-refractivity contribution is -0.143. The third-order valence-corrected chi connectivity index (χ3v) is 5.24. The molecular weight excluding hydrogens is 420 g/mol. The van der Waals surface area contributed by atoms with Crippen LogP contribution < -0.4 is 10.4 Å². The Morgan fingerprint density at radius 1 is 1.06 bits per heavy atom. The highest BCUT2D eigenvalue weighted by atomic mass is 16.5. The molecule has 2 heterocycles. The van der Waals surface area contributed by atoms with E-state index in [4.69, 9.17) is 19.2 Å². The summed E-state index contributed by atoms with van der Waals surface area (Å²) in [5.74, 6) is 0.340. The number of rotatable bonds is 12. The molecule has 1 aromatic carbocycles. The van der Waals surface area contributed by atoms with Crippen LogP contribution in [0.1, 0.15) is 57.4 Å². The Bertz CT molecular complexity index is 1180. The molecule has 0 N–H and O–H groups in total. The zero-order valence-corrected chi connectivity index (χ0v) is 18.8. The summed E-state index contributed by atoms with van der Waals surface area (Å²) in [5, 5.41) is 9.81. The molecule has 0 unspecified atom stereocenters. The summed E-state index contributed by atoms with van der Waals surface area (Å²) in [6.45, 7) is 2.86. The third kappa shape index (κ3) is 7.18. The molecule has 0 spiro atoms. The molecule has 172 valence electrons. The van der Waals surface area contributed by atoms with Crippen molar-refractivity contribution < 1.29 is 18.7 Å². The SMILES string of the molecule is CCC(=O)OCCCCCCCCOc1cc2cc(-c3cccc(C#N)c3)c(=O)oc2cn1. The number of nitrogens with zero attached hydrogens (tertiary/aromatic N) is 2. The van der Waals surface area contributed by atoms with Crippen molar-refractivity contribution in [1.82, 2.24) is 4.98 Å². The fraction of sp³-hybridized carbons (Fsp3) is 0.385. The van der Waals surface area contributed by atoms with Crippen molar-refractivity contribution in [1.29, 1.82) is 5.26 Å². The number of esters is 1. The molecular formula is C26H28N2O5. The molecule has 3 aromatic rings. The van der Waals surface area contributed by atoms with Gasteiger partial charge in [0, 0.05) is 17.9 Å². The van der Waals surface area contributed by atoms with Gasteiger partial charge >= 0.3 is 11.6 Å². The first-order chi connectivity index (χ1) is 16.1. The number of benzene rings is 1. The van der Waals surface area contributed by atoms with E-state index in [1.165, 1.54) is 6.20 Å². The van der Waals surface area contributed by atoms with Gasteiger partial charge in [-0.3, -0.25) is 4.79 Å². The van der Waals surface area contributed by atoms with Gasteiger partial charge in [0.15, 0.2) is 5.58 Å². The van der Waals surface area contributed by atoms with E-state index in [9.17, 15) is 9.59 Å². The standard InChI is InChI=1S/C26H28N2O5/c1-2-25(29)32-13-8-6-4-3-5-7-12-31-24-16-21-15-22(26(30)33-23(21)18-28-24)20-11-9-10-19(14-20)17-27/h9-11,14-16,18H,2-8,12-13H2,1H3. The van der Waals surface area contributed by atoms with Crippen molar-refractivity contribution in [2.24, 2.45) is 0 Å². The van der Waals surface area contributed by atoms with E-state index in [0.29, 0.717) is 53.2 Å². The van der Waals surface area contributed by atoms with Gasteiger partial charge in [-0.25, -0.2) is 9.78 Å². The molecule has 0 amide bonds. The van der Waals surface area contributed by atoms with Gasteiger partial charge in [-0.15, -0.1) is 0 Å². The fourth-order valence-electron chi connectivity index (χ4n) is 3.42. The Balaban J connectivity index is 1.48. The Kier molecular flexibility index (Phi) is 9.01. The van der Waals surface area contributed by atoms with E-state index in [2.05, 4.69) is 11.1 Å². The number of pyridine rings is 1. The number of carbonyl (C=O) groups is 1. The summed E-state index contributed by atoms with van der Waals surface area (Å²) in [4.78, 5) is 27.7. The smallest absolute Gasteiger partial charge is 0.344 e. The molecule has 0 radical (unpaired) electrons. The highest BCUT2D eigenvalue weighted by Gasteiger charge is 2.10. The van der Waals surface area contributed by atoms with Crippen LogP contribution in [-0.2, 0) is 9.53 Å². The molecule has 0 saturated heterocycles. The topological polar surface area (TPSA) is 102 Å². The van der Waals surface area contributed by atoms with Crippen LogP contribution >= 0.6 is 0 Å². The second-order valence-electron chi connectivity index (χ2n) is 7.74. The van der Waals surface area contributed by atoms with Crippen LogP contribution in [-0.4, -0.2) is 24.2 Å². The minimum atomic E-state index is -0.475. The molecule has 0 aliphatic rings. The average molecular weight is 449 g/mol. The second-order valence-corrected chi connectivity index (χ2v) is 7.74. The summed E-state index contributed by atoms with van der Waals surface area (Å²) < 4.78 is 16.3. The Labute approximate surface area is 193 Å². The van der Waals surface area contributed by atoms with Gasteiger partial charge in [0.25, 0.3) is 0 Å². The van der Waals surface area contributed by atoms with E-state index in [-0.39, 0.29) is 5.97 Å². The first-order valence-electron chi connectivity index (χ1n) is 11.3. The molecule has 0 fully saturated rings. The van der Waals surface area contributed by atoms with Gasteiger partial charge in [0.2, 0.25) is 5.88 Å². The molecule has 0 saturated carbocycles. The van der Waals surface area contributed by atoms with Crippen molar-refractivity contribution in [3.05, 3.63) is 58.6 Å². The molecule has 7 heteroatoms. The van der Waals surface area contributed by atoms with Crippen molar-refractivity contribution in [3.8, 4) is 23.1 Å². The van der Waals surface area contributed by atoms with E-state index < -0.39 is 5.63 Å². The Hall–Kier alpha value is -3.66. The summed E-state index contributed by atoms with van der Waals surface area (Å²) in [6, 6.07) is 12.4. The lowest BCUT2D eigenvalue weighted by atomic mass is 10.0. The van der Waals surface area contributed by atoms with Gasteiger partial charge in [0.1, 0.15) is 0 Å². The zero-order chi connectivity index (χ0) is 23.5. The molecule has 0 aliphatic carbocycles. The van der Waals surface area contributed by atoms with Crippen LogP contribution in [0.5, 0.6) is 5.88 Å². The lowest BCUT2D eigenvalue weighted by Crippen LogP contribution is -2.04. The molecule has 3 rings (SSSR count). The largest absolute Gasteiger partial charge is 0.478 e. The van der Waals surface area contributed by atoms with Crippen LogP contribution in [0.25, 0.3) is 22.1 Å². The van der Waals surface area contributed by atoms with Gasteiger partial charge in [0.05, 0.1) is 36.6 Å². The van der Waals surface area contributed by atoms with Crippen molar-refractivity contribution in [2.45, 2.75) is 51.9 Å². The average Bonchev–Trinajstić information content (AvgIpc) is 2.84. The van der Waals surface area contributed by atoms with Crippen LogP contribution in [0.3, 0.4) is 0 Å². The molecule has 0 aliphatic heterocycles. The third-order valence-electron chi connectivity index (χ3n) is 5.24.